The van der Waals surface area contributed by atoms with Gasteiger partial charge in [-0.2, -0.15) is 0 Å². The lowest BCUT2D eigenvalue weighted by molar-refractivity contribution is -0.150. The smallest absolute Gasteiger partial charge is 0.311 e. The Balaban J connectivity index is 3.61. The molecule has 0 aromatic rings. The van der Waals surface area contributed by atoms with Crippen molar-refractivity contribution in [1.29, 1.82) is 0 Å². The Hall–Kier alpha value is -0.570. The Morgan fingerprint density at radius 1 is 1.45 bits per heavy atom. The Morgan fingerprint density at radius 2 is 2.09 bits per heavy atom. The molecule has 0 aliphatic carbocycles. The largest absolute Gasteiger partial charge is 0.465 e. The molecule has 0 bridgehead atoms. The first-order chi connectivity index (χ1) is 5.26. The Labute approximate surface area is 67.4 Å². The molecule has 65 valence electrons. The van der Waals surface area contributed by atoms with Crippen LogP contribution in [0, 0.1) is 5.92 Å². The summed E-state index contributed by atoms with van der Waals surface area (Å²) in [5, 5.41) is 10.4. The lowest BCUT2D eigenvalue weighted by atomic mass is 10.1. The molecule has 3 nitrogen and oxygen atoms in total. The number of carbonyl (C=O) groups is 1. The lowest BCUT2D eigenvalue weighted by Crippen LogP contribution is -2.20. The van der Waals surface area contributed by atoms with Crippen LogP contribution in [0.3, 0.4) is 0 Å². The van der Waals surface area contributed by atoms with Crippen LogP contribution in [0.4, 0.5) is 0 Å². The van der Waals surface area contributed by atoms with Crippen LogP contribution in [0.25, 0.3) is 0 Å². The molecule has 0 N–H and O–H groups in total. The summed E-state index contributed by atoms with van der Waals surface area (Å²) in [6.45, 7) is 3.80. The maximum atomic E-state index is 10.9. The van der Waals surface area contributed by atoms with Gasteiger partial charge in [0.25, 0.3) is 0 Å². The van der Waals surface area contributed by atoms with Crippen molar-refractivity contribution in [3.8, 4) is 0 Å². The molecule has 11 heavy (non-hydrogen) atoms. The zero-order chi connectivity index (χ0) is 8.69. The number of ether oxygens (including phenoxy) is 1. The Morgan fingerprint density at radius 3 is 2.45 bits per heavy atom. The number of esters is 1. The molecule has 0 aliphatic heterocycles. The Kier molecular flexibility index (Phi) is 5.84. The van der Waals surface area contributed by atoms with Crippen molar-refractivity contribution >= 4 is 5.97 Å². The summed E-state index contributed by atoms with van der Waals surface area (Å²) in [5.74, 6) is -0.786. The van der Waals surface area contributed by atoms with Crippen LogP contribution in [-0.2, 0) is 14.6 Å². The second-order valence-electron chi connectivity index (χ2n) is 2.44. The maximum absolute atomic E-state index is 10.9. The van der Waals surface area contributed by atoms with Gasteiger partial charge >= 0.3 is 5.97 Å². The van der Waals surface area contributed by atoms with Crippen LogP contribution in [0.1, 0.15) is 26.7 Å². The highest BCUT2D eigenvalue weighted by Crippen LogP contribution is 2.03. The van der Waals surface area contributed by atoms with Crippen LogP contribution in [0.15, 0.2) is 0 Å². The summed E-state index contributed by atoms with van der Waals surface area (Å²) in [6.07, 6.45) is 1.38. The zero-order valence-corrected chi connectivity index (χ0v) is 7.13. The second-order valence-corrected chi connectivity index (χ2v) is 2.44. The number of carbonyl (C=O) groups excluding carboxylic acids is 1. The predicted octanol–water partition coefficient (Wildman–Crippen LogP) is 1.40. The van der Waals surface area contributed by atoms with Crippen LogP contribution in [-0.4, -0.2) is 19.2 Å². The zero-order valence-electron chi connectivity index (χ0n) is 7.13. The van der Waals surface area contributed by atoms with Crippen LogP contribution in [0.5, 0.6) is 0 Å². The number of hydrogen-bond donors (Lipinski definition) is 0. The molecule has 0 saturated carbocycles. The average molecular weight is 159 g/mol. The van der Waals surface area contributed by atoms with E-state index >= 15 is 0 Å². The van der Waals surface area contributed by atoms with Crippen LogP contribution in [0.2, 0.25) is 0 Å². The first-order valence-electron chi connectivity index (χ1n) is 4.00. The molecule has 3 heteroatoms. The average Bonchev–Trinajstić information content (AvgIpc) is 2.03. The fraction of sp³-hybridized carbons (Fsp3) is 0.875. The van der Waals surface area contributed by atoms with E-state index in [1.807, 2.05) is 13.8 Å². The highest BCUT2D eigenvalue weighted by Gasteiger charge is 2.16. The van der Waals surface area contributed by atoms with Crippen molar-refractivity contribution in [2.75, 3.05) is 13.2 Å². The van der Waals surface area contributed by atoms with E-state index in [1.165, 1.54) is 0 Å². The molecule has 0 amide bonds. The monoisotopic (exact) mass is 159 g/mol. The van der Waals surface area contributed by atoms with Gasteiger partial charge in [-0.3, -0.25) is 4.79 Å². The molecule has 1 unspecified atom stereocenters. The van der Waals surface area contributed by atoms with Gasteiger partial charge in [0.05, 0.1) is 19.1 Å². The highest BCUT2D eigenvalue weighted by molar-refractivity contribution is 5.72. The minimum atomic E-state index is -0.443. The highest BCUT2D eigenvalue weighted by atomic mass is 16.5. The first kappa shape index (κ1) is 10.4. The third-order valence-electron chi connectivity index (χ3n) is 1.48. The van der Waals surface area contributed by atoms with E-state index in [1.54, 1.807) is 0 Å². The van der Waals surface area contributed by atoms with Gasteiger partial charge in [0.15, 0.2) is 0 Å². The molecular weight excluding hydrogens is 144 g/mol. The summed E-state index contributed by atoms with van der Waals surface area (Å²) in [5.41, 5.74) is 0. The van der Waals surface area contributed by atoms with Gasteiger partial charge in [-0.25, -0.2) is 5.11 Å². The Bertz CT molecular complexity index is 108. The van der Waals surface area contributed by atoms with Gasteiger partial charge in [0.1, 0.15) is 0 Å². The molecule has 0 aromatic carbocycles. The SMILES string of the molecule is CCCOC(=O)C(CC)C[O]. The van der Waals surface area contributed by atoms with Gasteiger partial charge in [-0.1, -0.05) is 13.8 Å². The minimum absolute atomic E-state index is 0.343. The molecule has 0 spiro atoms. The summed E-state index contributed by atoms with van der Waals surface area (Å²) in [4.78, 5) is 10.9. The lowest BCUT2D eigenvalue weighted by Gasteiger charge is -2.08. The fourth-order valence-electron chi connectivity index (χ4n) is 0.673. The van der Waals surface area contributed by atoms with Crippen molar-refractivity contribution in [3.63, 3.8) is 0 Å². The third-order valence-corrected chi connectivity index (χ3v) is 1.48. The van der Waals surface area contributed by atoms with Crippen molar-refractivity contribution < 1.29 is 14.6 Å². The molecule has 0 rings (SSSR count). The van der Waals surface area contributed by atoms with Gasteiger partial charge < -0.3 is 4.74 Å². The van der Waals surface area contributed by atoms with Crippen molar-refractivity contribution in [2.45, 2.75) is 26.7 Å². The molecule has 0 heterocycles. The standard InChI is InChI=1S/C8H15O3/c1-3-5-11-8(10)7(4-2)6-9/h7H,3-6H2,1-2H3. The summed E-state index contributed by atoms with van der Waals surface area (Å²) < 4.78 is 4.80. The molecule has 1 radical (unpaired) electrons. The number of rotatable bonds is 5. The molecule has 1 atom stereocenters. The molecule has 0 saturated heterocycles. The van der Waals surface area contributed by atoms with E-state index in [0.29, 0.717) is 13.0 Å². The van der Waals surface area contributed by atoms with Crippen LogP contribution < -0.4 is 0 Å². The van der Waals surface area contributed by atoms with Crippen molar-refractivity contribution in [2.24, 2.45) is 5.92 Å². The minimum Gasteiger partial charge on any atom is -0.465 e. The molecule has 0 aromatic heterocycles. The van der Waals surface area contributed by atoms with E-state index in [2.05, 4.69) is 0 Å². The van der Waals surface area contributed by atoms with Crippen molar-refractivity contribution in [1.82, 2.24) is 0 Å². The predicted molar refractivity (Wildman–Crippen MR) is 40.6 cm³/mol. The van der Waals surface area contributed by atoms with Gasteiger partial charge in [-0.05, 0) is 12.8 Å². The quantitative estimate of drug-likeness (QED) is 0.569. The van der Waals surface area contributed by atoms with E-state index in [0.717, 1.165) is 6.42 Å². The van der Waals surface area contributed by atoms with Gasteiger partial charge in [-0.15, -0.1) is 0 Å². The van der Waals surface area contributed by atoms with Crippen LogP contribution >= 0.6 is 0 Å². The second kappa shape index (κ2) is 6.16. The maximum Gasteiger partial charge on any atom is 0.311 e. The summed E-state index contributed by atoms with van der Waals surface area (Å²) >= 11 is 0. The topological polar surface area (TPSA) is 46.2 Å². The van der Waals surface area contributed by atoms with E-state index in [4.69, 9.17) is 4.74 Å². The molecule has 0 fully saturated rings. The molecular formula is C8H15O3. The van der Waals surface area contributed by atoms with E-state index in [9.17, 15) is 9.90 Å². The first-order valence-corrected chi connectivity index (χ1v) is 4.00. The normalized spacial score (nSPS) is 12.6. The molecule has 0 aliphatic rings. The van der Waals surface area contributed by atoms with Gasteiger partial charge in [0.2, 0.25) is 0 Å². The van der Waals surface area contributed by atoms with E-state index in [-0.39, 0.29) is 12.6 Å². The number of hydrogen-bond acceptors (Lipinski definition) is 2. The van der Waals surface area contributed by atoms with Crippen molar-refractivity contribution in [3.05, 3.63) is 0 Å². The summed E-state index contributed by atoms with van der Waals surface area (Å²) in [7, 11) is 0. The fourth-order valence-corrected chi connectivity index (χ4v) is 0.673. The van der Waals surface area contributed by atoms with E-state index < -0.39 is 5.92 Å². The third kappa shape index (κ3) is 3.98. The van der Waals surface area contributed by atoms with Gasteiger partial charge in [0, 0.05) is 0 Å². The summed E-state index contributed by atoms with van der Waals surface area (Å²) in [6, 6.07) is 0.